The van der Waals surface area contributed by atoms with Crippen LogP contribution < -0.4 is 5.32 Å². The molecule has 0 saturated heterocycles. The monoisotopic (exact) mass is 397 g/mol. The molecule has 2 aromatic carbocycles. The Hall–Kier alpha value is -2.37. The number of H-pyrrole nitrogens is 1. The van der Waals surface area contributed by atoms with Crippen LogP contribution in [0.2, 0.25) is 5.02 Å². The molecule has 1 amide bonds. The zero-order chi connectivity index (χ0) is 19.0. The van der Waals surface area contributed by atoms with Crippen LogP contribution in [0.1, 0.15) is 41.0 Å². The number of hydrogen-bond donors (Lipinski definition) is 2. The number of amides is 1. The summed E-state index contributed by atoms with van der Waals surface area (Å²) in [4.78, 5) is 18.2. The highest BCUT2D eigenvalue weighted by molar-refractivity contribution is 7.80. The van der Waals surface area contributed by atoms with Gasteiger partial charge < -0.3 is 9.88 Å². The largest absolute Gasteiger partial charge is 0.356 e. The second-order valence-corrected chi connectivity index (χ2v) is 7.46. The fourth-order valence-electron chi connectivity index (χ4n) is 3.87. The molecule has 1 aliphatic heterocycles. The number of benzene rings is 2. The third kappa shape index (κ3) is 3.22. The molecule has 0 spiro atoms. The van der Waals surface area contributed by atoms with Crippen LogP contribution >= 0.6 is 23.8 Å². The maximum atomic E-state index is 12.6. The van der Waals surface area contributed by atoms with E-state index in [1.165, 1.54) is 16.6 Å². The molecule has 4 nitrogen and oxygen atoms in total. The molecular weight excluding hydrogens is 378 g/mol. The number of carbonyl (C=O) groups is 1. The Morgan fingerprint density at radius 3 is 2.78 bits per heavy atom. The van der Waals surface area contributed by atoms with E-state index in [1.54, 1.807) is 24.3 Å². The Morgan fingerprint density at radius 1 is 1.26 bits per heavy atom. The van der Waals surface area contributed by atoms with Gasteiger partial charge in [0.25, 0.3) is 5.91 Å². The summed E-state index contributed by atoms with van der Waals surface area (Å²) >= 11 is 11.7. The molecule has 0 saturated carbocycles. The molecule has 3 aromatic rings. The van der Waals surface area contributed by atoms with Crippen molar-refractivity contribution < 1.29 is 4.79 Å². The number of nitrogens with zero attached hydrogens (tertiary/aromatic N) is 1. The van der Waals surface area contributed by atoms with Crippen LogP contribution in [0.25, 0.3) is 10.9 Å². The number of nitrogens with one attached hydrogen (secondary N) is 2. The Kier molecular flexibility index (Phi) is 4.89. The second kappa shape index (κ2) is 7.33. The molecule has 2 heterocycles. The number of hydrogen-bond acceptors (Lipinski definition) is 2. The Balaban J connectivity index is 1.59. The van der Waals surface area contributed by atoms with Gasteiger partial charge in [-0.05, 0) is 48.8 Å². The average molecular weight is 398 g/mol. The lowest BCUT2D eigenvalue weighted by atomic mass is 9.96. The van der Waals surface area contributed by atoms with E-state index in [1.807, 2.05) is 6.07 Å². The van der Waals surface area contributed by atoms with Crippen LogP contribution in [-0.2, 0) is 6.42 Å². The van der Waals surface area contributed by atoms with Gasteiger partial charge in [-0.25, -0.2) is 0 Å². The molecule has 2 N–H and O–H groups in total. The van der Waals surface area contributed by atoms with Gasteiger partial charge in [0, 0.05) is 23.1 Å². The lowest BCUT2D eigenvalue weighted by Crippen LogP contribution is -2.47. The number of carbonyl (C=O) groups excluding carboxylic acids is 1. The molecular formula is C21H20ClN3OS. The van der Waals surface area contributed by atoms with Crippen LogP contribution in [0, 0.1) is 0 Å². The van der Waals surface area contributed by atoms with Crippen LogP contribution in [-0.4, -0.2) is 27.4 Å². The summed E-state index contributed by atoms with van der Waals surface area (Å²) in [5, 5.41) is 4.99. The van der Waals surface area contributed by atoms with Gasteiger partial charge in [0.1, 0.15) is 0 Å². The predicted octanol–water partition coefficient (Wildman–Crippen LogP) is 4.85. The minimum atomic E-state index is -0.275. The predicted molar refractivity (Wildman–Crippen MR) is 113 cm³/mol. The first-order chi connectivity index (χ1) is 13.1. The molecule has 1 atom stereocenters. The quantitative estimate of drug-likeness (QED) is 0.608. The van der Waals surface area contributed by atoms with E-state index in [0.717, 1.165) is 24.9 Å². The van der Waals surface area contributed by atoms with E-state index >= 15 is 0 Å². The molecule has 0 radical (unpaired) electrons. The summed E-state index contributed by atoms with van der Waals surface area (Å²) in [6.45, 7) is 2.91. The number of aromatic nitrogens is 1. The van der Waals surface area contributed by atoms with Crippen molar-refractivity contribution in [2.75, 3.05) is 6.54 Å². The Morgan fingerprint density at radius 2 is 2.00 bits per heavy atom. The lowest BCUT2D eigenvalue weighted by Gasteiger charge is -2.37. The Bertz CT molecular complexity index is 1030. The van der Waals surface area contributed by atoms with Gasteiger partial charge in [-0.2, -0.15) is 0 Å². The summed E-state index contributed by atoms with van der Waals surface area (Å²) in [5.74, 6) is -0.275. The highest BCUT2D eigenvalue weighted by Gasteiger charge is 2.31. The van der Waals surface area contributed by atoms with Crippen molar-refractivity contribution in [3.8, 4) is 0 Å². The minimum Gasteiger partial charge on any atom is -0.356 e. The molecule has 0 bridgehead atoms. The second-order valence-electron chi connectivity index (χ2n) is 6.67. The first-order valence-electron chi connectivity index (χ1n) is 9.06. The maximum Gasteiger partial charge on any atom is 0.258 e. The highest BCUT2D eigenvalue weighted by atomic mass is 35.5. The number of rotatable bonds is 2. The zero-order valence-corrected chi connectivity index (χ0v) is 16.5. The molecule has 6 heteroatoms. The fraction of sp³-hybridized carbons (Fsp3) is 0.238. The molecule has 0 fully saturated rings. The van der Waals surface area contributed by atoms with Gasteiger partial charge in [0.15, 0.2) is 5.11 Å². The van der Waals surface area contributed by atoms with Gasteiger partial charge in [-0.1, -0.05) is 48.9 Å². The number of aromatic amines is 1. The minimum absolute atomic E-state index is 0.111. The summed E-state index contributed by atoms with van der Waals surface area (Å²) in [7, 11) is 0. The van der Waals surface area contributed by atoms with Crippen LogP contribution in [0.4, 0.5) is 0 Å². The van der Waals surface area contributed by atoms with E-state index in [0.29, 0.717) is 15.7 Å². The Labute approximate surface area is 168 Å². The van der Waals surface area contributed by atoms with Crippen molar-refractivity contribution in [1.29, 1.82) is 0 Å². The van der Waals surface area contributed by atoms with Crippen molar-refractivity contribution in [2.45, 2.75) is 25.8 Å². The normalized spacial score (nSPS) is 16.2. The number of thiocarbonyl (C=S) groups is 1. The molecule has 4 rings (SSSR count). The SMILES string of the molecule is CCC1c2[nH]c3ccccc3c2CCN1C(=S)NC(=O)c1ccccc1Cl. The van der Waals surface area contributed by atoms with Crippen LogP contribution in [0.15, 0.2) is 48.5 Å². The topological polar surface area (TPSA) is 48.1 Å². The van der Waals surface area contributed by atoms with Gasteiger partial charge in [0.05, 0.1) is 16.6 Å². The molecule has 1 aliphatic rings. The standard InChI is InChI=1S/C21H20ClN3OS/c1-2-18-19-14(13-7-4-6-10-17(13)23-19)11-12-25(18)21(27)24-20(26)15-8-3-5-9-16(15)22/h3-10,18,23H,2,11-12H2,1H3,(H,24,26,27). The molecule has 138 valence electrons. The first-order valence-corrected chi connectivity index (χ1v) is 9.84. The molecule has 1 unspecified atom stereocenters. The maximum absolute atomic E-state index is 12.6. The van der Waals surface area contributed by atoms with Crippen molar-refractivity contribution >= 4 is 45.7 Å². The van der Waals surface area contributed by atoms with E-state index < -0.39 is 0 Å². The summed E-state index contributed by atoms with van der Waals surface area (Å²) in [6, 6.07) is 15.5. The van der Waals surface area contributed by atoms with Gasteiger partial charge in [-0.15, -0.1) is 0 Å². The van der Waals surface area contributed by atoms with E-state index in [2.05, 4.69) is 40.3 Å². The van der Waals surface area contributed by atoms with Crippen molar-refractivity contribution in [3.05, 3.63) is 70.4 Å². The fourth-order valence-corrected chi connectivity index (χ4v) is 4.40. The summed E-state index contributed by atoms with van der Waals surface area (Å²) < 4.78 is 0. The molecule has 0 aliphatic carbocycles. The third-order valence-electron chi connectivity index (χ3n) is 5.15. The zero-order valence-electron chi connectivity index (χ0n) is 15.0. The van der Waals surface area contributed by atoms with Gasteiger partial charge in [0.2, 0.25) is 0 Å². The van der Waals surface area contributed by atoms with Gasteiger partial charge >= 0.3 is 0 Å². The van der Waals surface area contributed by atoms with Crippen molar-refractivity contribution in [1.82, 2.24) is 15.2 Å². The third-order valence-corrected chi connectivity index (χ3v) is 5.81. The number of para-hydroxylation sites is 1. The van der Waals surface area contributed by atoms with E-state index in [4.69, 9.17) is 23.8 Å². The molecule has 27 heavy (non-hydrogen) atoms. The summed E-state index contributed by atoms with van der Waals surface area (Å²) in [5.41, 5.74) is 4.12. The molecule has 1 aromatic heterocycles. The highest BCUT2D eigenvalue weighted by Crippen LogP contribution is 2.36. The number of halogens is 1. The lowest BCUT2D eigenvalue weighted by molar-refractivity contribution is 0.0971. The van der Waals surface area contributed by atoms with Gasteiger partial charge in [-0.3, -0.25) is 10.1 Å². The van der Waals surface area contributed by atoms with E-state index in [-0.39, 0.29) is 11.9 Å². The smallest absolute Gasteiger partial charge is 0.258 e. The van der Waals surface area contributed by atoms with Crippen LogP contribution in [0.5, 0.6) is 0 Å². The first kappa shape index (κ1) is 18.0. The summed E-state index contributed by atoms with van der Waals surface area (Å²) in [6.07, 6.45) is 1.78. The van der Waals surface area contributed by atoms with Crippen molar-refractivity contribution in [3.63, 3.8) is 0 Å². The average Bonchev–Trinajstić information content (AvgIpc) is 3.06. The van der Waals surface area contributed by atoms with E-state index in [9.17, 15) is 4.79 Å². The van der Waals surface area contributed by atoms with Crippen molar-refractivity contribution in [2.24, 2.45) is 0 Å². The van der Waals surface area contributed by atoms with Crippen LogP contribution in [0.3, 0.4) is 0 Å². The number of fused-ring (bicyclic) bond motifs is 3.